The molecule has 1 aliphatic rings. The molecule has 0 N–H and O–H groups in total. The van der Waals surface area contributed by atoms with Gasteiger partial charge in [0, 0.05) is 9.56 Å². The van der Waals surface area contributed by atoms with E-state index in [1.54, 1.807) is 12.1 Å². The van der Waals surface area contributed by atoms with Crippen molar-refractivity contribution in [1.82, 2.24) is 0 Å². The zero-order valence-electron chi connectivity index (χ0n) is 21.0. The Balaban J connectivity index is -0.000000130. The quantitative estimate of drug-likeness (QED) is 0.241. The van der Waals surface area contributed by atoms with Crippen molar-refractivity contribution in [2.45, 2.75) is 86.9 Å². The number of hydrogen-bond acceptors (Lipinski definition) is 2. The summed E-state index contributed by atoms with van der Waals surface area (Å²) in [5, 5.41) is 0.744. The summed E-state index contributed by atoms with van der Waals surface area (Å²) in [7, 11) is 0. The maximum Gasteiger partial charge on any atom is 0.171 e. The number of halogens is 2. The van der Waals surface area contributed by atoms with E-state index in [0.29, 0.717) is 12.2 Å². The van der Waals surface area contributed by atoms with Crippen LogP contribution < -0.4 is 4.94 Å². The molecule has 2 nitrogen and oxygen atoms in total. The predicted molar refractivity (Wildman–Crippen MR) is 150 cm³/mol. The summed E-state index contributed by atoms with van der Waals surface area (Å²) >= 11 is 6.05. The Morgan fingerprint density at radius 3 is 1.82 bits per heavy atom. The van der Waals surface area contributed by atoms with Crippen molar-refractivity contribution in [1.29, 1.82) is 0 Å². The molecule has 1 aliphatic heterocycles. The number of benzene rings is 1. The first kappa shape index (κ1) is 41.0. The van der Waals surface area contributed by atoms with Gasteiger partial charge in [-0.25, -0.2) is 0 Å². The Morgan fingerprint density at radius 1 is 1.09 bits per heavy atom. The van der Waals surface area contributed by atoms with Gasteiger partial charge in [-0.1, -0.05) is 56.7 Å². The highest BCUT2D eigenvalue weighted by Crippen LogP contribution is 2.19. The van der Waals surface area contributed by atoms with Crippen LogP contribution in [-0.4, -0.2) is 12.2 Å². The van der Waals surface area contributed by atoms with Crippen molar-refractivity contribution in [3.05, 3.63) is 78.9 Å². The number of rotatable bonds is 4. The predicted octanol–water partition coefficient (Wildman–Crippen LogP) is 10.1. The van der Waals surface area contributed by atoms with Crippen molar-refractivity contribution in [3.63, 3.8) is 0 Å². The maximum absolute atomic E-state index is 11.8. The molecule has 1 fully saturated rings. The molecule has 2 rings (SSSR count). The molecular formula is C29H48ClFO2. The second-order valence-electron chi connectivity index (χ2n) is 6.21. The zero-order valence-corrected chi connectivity index (χ0v) is 21.8. The smallest absolute Gasteiger partial charge is 0.171 e. The minimum Gasteiger partial charge on any atom is -0.376 e. The van der Waals surface area contributed by atoms with Crippen LogP contribution in [0.4, 0.5) is 4.53 Å². The highest BCUT2D eigenvalue weighted by molar-refractivity contribution is 6.31. The monoisotopic (exact) mass is 482 g/mol. The van der Waals surface area contributed by atoms with E-state index in [0.717, 1.165) is 22.6 Å². The lowest BCUT2D eigenvalue weighted by Gasteiger charge is -2.24. The van der Waals surface area contributed by atoms with E-state index >= 15 is 0 Å². The first-order valence-electron chi connectivity index (χ1n) is 10.8. The number of hydrogen-bond donors (Lipinski definition) is 0. The summed E-state index contributed by atoms with van der Waals surface area (Å²) in [4.78, 5) is 3.61. The summed E-state index contributed by atoms with van der Waals surface area (Å²) in [5.74, 6) is 0.213. The Bertz CT molecular complexity index is 596. The summed E-state index contributed by atoms with van der Waals surface area (Å²) in [6.45, 7) is 24.2. The van der Waals surface area contributed by atoms with Crippen molar-refractivity contribution in [3.8, 4) is 18.6 Å². The molecule has 0 spiro atoms. The SMILES string of the molecule is C.C#C.C/C=C\C(Cl)=C(/C)Cc1ccc(OF)cc1.C=C.C=C.CC.CC1CCCC(C)O1. The van der Waals surface area contributed by atoms with Gasteiger partial charge in [0.15, 0.2) is 5.75 Å². The second kappa shape index (κ2) is 31.9. The number of terminal acetylenes is 1. The number of ether oxygens (including phenoxy) is 1. The third-order valence-corrected chi connectivity index (χ3v) is 4.34. The largest absolute Gasteiger partial charge is 0.376 e. The molecule has 4 heteroatoms. The Morgan fingerprint density at radius 2 is 1.52 bits per heavy atom. The molecule has 0 saturated carbocycles. The highest BCUT2D eigenvalue weighted by atomic mass is 35.5. The van der Waals surface area contributed by atoms with Crippen LogP contribution in [0.3, 0.4) is 0 Å². The molecule has 0 radical (unpaired) electrons. The molecule has 190 valence electrons. The molecule has 1 saturated heterocycles. The third kappa shape index (κ3) is 24.2. The molecule has 2 atom stereocenters. The molecule has 1 aromatic rings. The summed E-state index contributed by atoms with van der Waals surface area (Å²) in [5.41, 5.74) is 2.15. The van der Waals surface area contributed by atoms with Gasteiger partial charge in [-0.05, 0) is 77.2 Å². The van der Waals surface area contributed by atoms with Crippen LogP contribution in [0.5, 0.6) is 5.75 Å². The molecule has 2 unspecified atom stereocenters. The van der Waals surface area contributed by atoms with Gasteiger partial charge in [0.25, 0.3) is 0 Å². The van der Waals surface area contributed by atoms with Gasteiger partial charge in [-0.3, -0.25) is 4.94 Å². The molecule has 1 aromatic carbocycles. The Hall–Kier alpha value is -2.28. The lowest BCUT2D eigenvalue weighted by molar-refractivity contribution is -0.0292. The van der Waals surface area contributed by atoms with E-state index in [4.69, 9.17) is 16.3 Å². The Labute approximate surface area is 210 Å². The second-order valence-corrected chi connectivity index (χ2v) is 6.62. The molecule has 0 bridgehead atoms. The fourth-order valence-corrected chi connectivity index (χ4v) is 2.76. The van der Waals surface area contributed by atoms with Gasteiger partial charge in [-0.15, -0.1) is 39.2 Å². The molecular weight excluding hydrogens is 435 g/mol. The fourth-order valence-electron chi connectivity index (χ4n) is 2.56. The Kier molecular flexibility index (Phi) is 39.7. The van der Waals surface area contributed by atoms with Crippen molar-refractivity contribution in [2.75, 3.05) is 0 Å². The third-order valence-electron chi connectivity index (χ3n) is 3.89. The number of allylic oxidation sites excluding steroid dienone is 4. The van der Waals surface area contributed by atoms with E-state index in [-0.39, 0.29) is 13.2 Å². The van der Waals surface area contributed by atoms with Gasteiger partial charge in [-0.2, -0.15) is 0 Å². The van der Waals surface area contributed by atoms with Gasteiger partial charge >= 0.3 is 0 Å². The van der Waals surface area contributed by atoms with E-state index in [1.807, 2.05) is 52.0 Å². The summed E-state index contributed by atoms with van der Waals surface area (Å²) in [6, 6.07) is 6.81. The average molecular weight is 483 g/mol. The minimum absolute atomic E-state index is 0. The maximum atomic E-state index is 11.8. The van der Waals surface area contributed by atoms with Crippen LogP contribution in [-0.2, 0) is 11.2 Å². The van der Waals surface area contributed by atoms with E-state index < -0.39 is 0 Å². The minimum atomic E-state index is 0. The summed E-state index contributed by atoms with van der Waals surface area (Å²) in [6.07, 6.45) is 17.4. The molecule has 1 heterocycles. The fraction of sp³-hybridized carbons (Fsp3) is 0.448. The first-order valence-corrected chi connectivity index (χ1v) is 11.2. The first-order chi connectivity index (χ1) is 15.5. The average Bonchev–Trinajstić information content (AvgIpc) is 2.85. The van der Waals surface area contributed by atoms with Crippen LogP contribution in [0, 0.1) is 12.8 Å². The topological polar surface area (TPSA) is 18.5 Å². The molecule has 33 heavy (non-hydrogen) atoms. The van der Waals surface area contributed by atoms with E-state index in [1.165, 1.54) is 19.3 Å². The van der Waals surface area contributed by atoms with E-state index in [9.17, 15) is 4.53 Å². The van der Waals surface area contributed by atoms with Crippen molar-refractivity contribution >= 4 is 11.6 Å². The summed E-state index contributed by atoms with van der Waals surface area (Å²) < 4.78 is 17.3. The lowest BCUT2D eigenvalue weighted by atomic mass is 10.1. The normalized spacial score (nSPS) is 16.3. The lowest BCUT2D eigenvalue weighted by Crippen LogP contribution is -2.22. The van der Waals surface area contributed by atoms with Gasteiger partial charge in [0.05, 0.1) is 12.2 Å². The van der Waals surface area contributed by atoms with Crippen LogP contribution in [0.2, 0.25) is 0 Å². The zero-order chi connectivity index (χ0) is 25.9. The van der Waals surface area contributed by atoms with Gasteiger partial charge < -0.3 is 4.74 Å². The van der Waals surface area contributed by atoms with Crippen LogP contribution >= 0.6 is 11.6 Å². The van der Waals surface area contributed by atoms with Crippen molar-refractivity contribution < 1.29 is 14.2 Å². The van der Waals surface area contributed by atoms with E-state index in [2.05, 4.69) is 58.0 Å². The van der Waals surface area contributed by atoms with Gasteiger partial charge in [0.1, 0.15) is 0 Å². The van der Waals surface area contributed by atoms with Gasteiger partial charge in [0.2, 0.25) is 0 Å². The van der Waals surface area contributed by atoms with Crippen LogP contribution in [0.1, 0.15) is 73.8 Å². The standard InChI is InChI=1S/C13H14ClFO.C7H14O.C2H6.2C2H4.C2H2.CH4/c1-3-4-13(14)10(2)9-11-5-7-12(16-15)8-6-11;1-6-4-3-5-7(2)8-6;4*1-2;/h3-8H,9H2,1-2H3;6-7H,3-5H2,1-2H3;1-2H3;2*1-2H2;1-2H;1H4/b4-3-,13-10-;;;;;;. The molecule has 0 aromatic heterocycles. The van der Waals surface area contributed by atoms with Crippen LogP contribution in [0.25, 0.3) is 0 Å². The van der Waals surface area contributed by atoms with Crippen molar-refractivity contribution in [2.24, 2.45) is 0 Å². The molecule has 0 aliphatic carbocycles. The van der Waals surface area contributed by atoms with Crippen LogP contribution in [0.15, 0.2) is 73.3 Å². The highest BCUT2D eigenvalue weighted by Gasteiger charge is 2.13. The molecule has 0 amide bonds.